The number of anilines is 1. The number of rotatable bonds is 5. The highest BCUT2D eigenvalue weighted by Crippen LogP contribution is 2.37. The van der Waals surface area contributed by atoms with Gasteiger partial charge in [0.05, 0.1) is 28.1 Å². The molecule has 0 bridgehead atoms. The van der Waals surface area contributed by atoms with Gasteiger partial charge < -0.3 is 4.90 Å². The summed E-state index contributed by atoms with van der Waals surface area (Å²) in [5.74, 6) is 1.25. The molecule has 0 saturated carbocycles. The minimum atomic E-state index is -3.07. The first-order valence-electron chi connectivity index (χ1n) is 11.4. The lowest BCUT2D eigenvalue weighted by molar-refractivity contribution is 0.599. The molecule has 1 fully saturated rings. The monoisotopic (exact) mass is 492 g/mol. The van der Waals surface area contributed by atoms with Crippen LogP contribution in [-0.4, -0.2) is 41.9 Å². The van der Waals surface area contributed by atoms with E-state index in [0.717, 1.165) is 33.5 Å². The number of aromatic nitrogens is 2. The van der Waals surface area contributed by atoms with Crippen molar-refractivity contribution in [3.63, 3.8) is 0 Å². The lowest BCUT2D eigenvalue weighted by Gasteiger charge is -2.33. The Labute approximate surface area is 204 Å². The highest BCUT2D eigenvalue weighted by molar-refractivity contribution is 7.91. The van der Waals surface area contributed by atoms with Crippen LogP contribution in [0.3, 0.4) is 0 Å². The molecule has 4 aromatic rings. The van der Waals surface area contributed by atoms with Crippen molar-refractivity contribution in [3.05, 3.63) is 75.8 Å². The Balaban J connectivity index is 1.84. The van der Waals surface area contributed by atoms with E-state index in [-0.39, 0.29) is 17.5 Å². The number of pyridine rings is 1. The van der Waals surface area contributed by atoms with Gasteiger partial charge in [0.15, 0.2) is 15.5 Å². The summed E-state index contributed by atoms with van der Waals surface area (Å²) in [5, 5.41) is 10.8. The van der Waals surface area contributed by atoms with E-state index in [1.807, 2.05) is 55.5 Å². The van der Waals surface area contributed by atoms with Crippen molar-refractivity contribution < 1.29 is 8.42 Å². The Morgan fingerprint density at radius 1 is 1.21 bits per heavy atom. The predicted molar refractivity (Wildman–Crippen MR) is 136 cm³/mol. The molecule has 0 aliphatic carbocycles. The van der Waals surface area contributed by atoms with E-state index in [1.54, 1.807) is 0 Å². The third-order valence-corrected chi connectivity index (χ3v) is 8.76. The number of nitrogens with zero attached hydrogens (tertiary/aromatic N) is 4. The lowest BCUT2D eigenvalue weighted by Crippen LogP contribution is -2.38. The molecule has 1 aliphatic rings. The molecule has 5 rings (SSSR count). The van der Waals surface area contributed by atoms with Crippen molar-refractivity contribution in [1.29, 1.82) is 5.26 Å². The van der Waals surface area contributed by atoms with Crippen LogP contribution in [0.1, 0.15) is 35.6 Å². The Morgan fingerprint density at radius 2 is 1.94 bits per heavy atom. The molecule has 2 aromatic carbocycles. The molecule has 6 nitrogen and oxygen atoms in total. The minimum Gasteiger partial charge on any atom is -0.354 e. The van der Waals surface area contributed by atoms with Gasteiger partial charge in [0.1, 0.15) is 11.9 Å². The molecule has 34 heavy (non-hydrogen) atoms. The second-order valence-electron chi connectivity index (χ2n) is 8.82. The molecule has 1 saturated heterocycles. The van der Waals surface area contributed by atoms with Crippen molar-refractivity contribution in [2.24, 2.45) is 0 Å². The first-order chi connectivity index (χ1) is 16.3. The average Bonchev–Trinajstić information content (AvgIpc) is 3.37. The van der Waals surface area contributed by atoms with Crippen LogP contribution < -0.4 is 4.90 Å². The summed E-state index contributed by atoms with van der Waals surface area (Å²) in [5.41, 5.74) is 5.79. The molecule has 0 radical (unpaired) electrons. The molecule has 1 unspecified atom stereocenters. The van der Waals surface area contributed by atoms with Gasteiger partial charge >= 0.3 is 0 Å². The van der Waals surface area contributed by atoms with Gasteiger partial charge in [0.25, 0.3) is 0 Å². The van der Waals surface area contributed by atoms with Crippen LogP contribution in [0.5, 0.6) is 0 Å². The van der Waals surface area contributed by atoms with Gasteiger partial charge in [-0.15, -0.1) is 0 Å². The topological polar surface area (TPSA) is 78.5 Å². The van der Waals surface area contributed by atoms with Gasteiger partial charge in [0, 0.05) is 29.6 Å². The summed E-state index contributed by atoms with van der Waals surface area (Å²) in [6, 6.07) is 17.8. The van der Waals surface area contributed by atoms with Crippen LogP contribution >= 0.6 is 11.6 Å². The largest absolute Gasteiger partial charge is 0.354 e. The molecule has 1 aliphatic heterocycles. The molecule has 174 valence electrons. The van der Waals surface area contributed by atoms with E-state index in [4.69, 9.17) is 16.6 Å². The van der Waals surface area contributed by atoms with Crippen LogP contribution in [0.25, 0.3) is 16.7 Å². The number of imidazole rings is 1. The summed E-state index contributed by atoms with van der Waals surface area (Å²) in [4.78, 5) is 7.02. The number of hydrogen-bond donors (Lipinski definition) is 0. The van der Waals surface area contributed by atoms with E-state index in [9.17, 15) is 13.7 Å². The summed E-state index contributed by atoms with van der Waals surface area (Å²) in [6.07, 6.45) is 1.18. The number of para-hydroxylation sites is 2. The quantitative estimate of drug-likeness (QED) is 0.395. The molecule has 8 heteroatoms. The summed E-state index contributed by atoms with van der Waals surface area (Å²) in [6.45, 7) is 4.65. The van der Waals surface area contributed by atoms with Gasteiger partial charge in [-0.2, -0.15) is 5.26 Å². The maximum atomic E-state index is 12.4. The van der Waals surface area contributed by atoms with Gasteiger partial charge in [-0.25, -0.2) is 13.4 Å². The summed E-state index contributed by atoms with van der Waals surface area (Å²) in [7, 11) is -3.07. The summed E-state index contributed by atoms with van der Waals surface area (Å²) >= 11 is 6.12. The molecule has 0 N–H and O–H groups in total. The molecule has 0 amide bonds. The zero-order valence-electron chi connectivity index (χ0n) is 19.1. The second kappa shape index (κ2) is 8.61. The minimum absolute atomic E-state index is 0.129. The molecular weight excluding hydrogens is 468 g/mol. The van der Waals surface area contributed by atoms with Crippen molar-refractivity contribution in [1.82, 2.24) is 9.38 Å². The number of benzene rings is 2. The van der Waals surface area contributed by atoms with Crippen LogP contribution in [0, 0.1) is 18.3 Å². The van der Waals surface area contributed by atoms with Crippen molar-refractivity contribution in [3.8, 4) is 6.07 Å². The van der Waals surface area contributed by atoms with Crippen LogP contribution in [0.15, 0.2) is 48.5 Å². The fourth-order valence-corrected chi connectivity index (χ4v) is 6.94. The SMILES string of the molecule is CCN(c1c(Cc2ccc(Cl)cc2)c(C)c(C#N)c2nc3ccccc3n12)C1CCS(=O)(=O)C1. The van der Waals surface area contributed by atoms with Gasteiger partial charge in [-0.1, -0.05) is 35.9 Å². The van der Waals surface area contributed by atoms with E-state index in [2.05, 4.69) is 22.3 Å². The number of halogens is 1. The van der Waals surface area contributed by atoms with Gasteiger partial charge in [-0.3, -0.25) is 4.40 Å². The Morgan fingerprint density at radius 3 is 2.59 bits per heavy atom. The molecule has 2 aromatic heterocycles. The number of hydrogen-bond acceptors (Lipinski definition) is 5. The zero-order valence-corrected chi connectivity index (χ0v) is 20.7. The van der Waals surface area contributed by atoms with Crippen molar-refractivity contribution in [2.45, 2.75) is 32.7 Å². The smallest absolute Gasteiger partial charge is 0.157 e. The Bertz CT molecular complexity index is 1550. The average molecular weight is 493 g/mol. The van der Waals surface area contributed by atoms with Crippen LogP contribution in [0.2, 0.25) is 5.02 Å². The highest BCUT2D eigenvalue weighted by Gasteiger charge is 2.35. The van der Waals surface area contributed by atoms with Crippen LogP contribution in [-0.2, 0) is 16.3 Å². The highest BCUT2D eigenvalue weighted by atomic mass is 35.5. The Hall–Kier alpha value is -3.08. The molecular formula is C26H25ClN4O2S. The van der Waals surface area contributed by atoms with E-state index in [1.165, 1.54) is 0 Å². The third kappa shape index (κ3) is 3.81. The fraction of sp³-hybridized carbons (Fsp3) is 0.308. The first kappa shape index (κ1) is 22.7. The maximum absolute atomic E-state index is 12.4. The van der Waals surface area contributed by atoms with E-state index < -0.39 is 9.84 Å². The normalized spacial score (nSPS) is 17.3. The fourth-order valence-electron chi connectivity index (χ4n) is 5.09. The van der Waals surface area contributed by atoms with Crippen LogP contribution in [0.4, 0.5) is 5.82 Å². The number of nitriles is 1. The first-order valence-corrected chi connectivity index (χ1v) is 13.6. The second-order valence-corrected chi connectivity index (χ2v) is 11.5. The van der Waals surface area contributed by atoms with Gasteiger partial charge in [-0.05, 0) is 55.7 Å². The molecule has 3 heterocycles. The third-order valence-electron chi connectivity index (χ3n) is 6.76. The number of fused-ring (bicyclic) bond motifs is 3. The summed E-state index contributed by atoms with van der Waals surface area (Å²) < 4.78 is 26.8. The molecule has 1 atom stereocenters. The zero-order chi connectivity index (χ0) is 24.0. The maximum Gasteiger partial charge on any atom is 0.157 e. The molecule has 0 spiro atoms. The van der Waals surface area contributed by atoms with Crippen molar-refractivity contribution >= 4 is 43.9 Å². The van der Waals surface area contributed by atoms with Crippen molar-refractivity contribution in [2.75, 3.05) is 23.0 Å². The standard InChI is InChI=1S/C26H25ClN4O2S/c1-3-30(20-12-13-34(32,33)16-20)26-21(14-18-8-10-19(27)11-9-18)17(2)22(15-28)25-29-23-6-4-5-7-24(23)31(25)26/h4-11,20H,3,12-14,16H2,1-2H3. The number of sulfone groups is 1. The van der Waals surface area contributed by atoms with Gasteiger partial charge in [0.2, 0.25) is 0 Å². The van der Waals surface area contributed by atoms with E-state index in [0.29, 0.717) is 35.6 Å². The Kier molecular flexibility index (Phi) is 5.75. The predicted octanol–water partition coefficient (Wildman–Crippen LogP) is 4.93. The lowest BCUT2D eigenvalue weighted by atomic mass is 9.96. The van der Waals surface area contributed by atoms with E-state index >= 15 is 0 Å².